The standard InChI is InChI=1S/C22H35F3N2O4/c1-3-5-7-9-11-13-15-30-19(28)17-18(27-21(26-17)22(23,24)25)20(29)31-16-14-12-10-8-6-4-2/h3-16H2,1-2H3,(H,26,27). The first-order valence-corrected chi connectivity index (χ1v) is 11.3. The molecule has 0 aliphatic carbocycles. The van der Waals surface area contributed by atoms with Crippen LogP contribution in [0.5, 0.6) is 0 Å². The third-order valence-corrected chi connectivity index (χ3v) is 4.83. The zero-order valence-electron chi connectivity index (χ0n) is 18.6. The highest BCUT2D eigenvalue weighted by Gasteiger charge is 2.38. The minimum absolute atomic E-state index is 0.0609. The molecule has 0 amide bonds. The van der Waals surface area contributed by atoms with Gasteiger partial charge in [-0.05, 0) is 12.8 Å². The summed E-state index contributed by atoms with van der Waals surface area (Å²) in [6.07, 6.45) is 6.79. The number of nitrogens with one attached hydrogen (secondary N) is 1. The molecule has 9 heteroatoms. The molecule has 0 unspecified atom stereocenters. The SMILES string of the molecule is CCCCCCCCOC(=O)c1nc(C(F)(F)F)[nH]c1C(=O)OCCCCCCCC. The van der Waals surface area contributed by atoms with Gasteiger partial charge in [-0.2, -0.15) is 13.2 Å². The van der Waals surface area contributed by atoms with Gasteiger partial charge >= 0.3 is 18.1 Å². The molecule has 0 aromatic carbocycles. The molecular weight excluding hydrogens is 413 g/mol. The van der Waals surface area contributed by atoms with Crippen molar-refractivity contribution in [1.82, 2.24) is 9.97 Å². The smallest absolute Gasteiger partial charge is 0.449 e. The lowest BCUT2D eigenvalue weighted by molar-refractivity contribution is -0.144. The minimum Gasteiger partial charge on any atom is -0.461 e. The molecule has 1 heterocycles. The fourth-order valence-electron chi connectivity index (χ4n) is 3.04. The number of ether oxygens (including phenoxy) is 2. The van der Waals surface area contributed by atoms with E-state index < -0.39 is 35.3 Å². The number of rotatable bonds is 16. The van der Waals surface area contributed by atoms with Crippen LogP contribution in [0.3, 0.4) is 0 Å². The van der Waals surface area contributed by atoms with Crippen molar-refractivity contribution in [3.63, 3.8) is 0 Å². The number of imidazole rings is 1. The fraction of sp³-hybridized carbons (Fsp3) is 0.773. The van der Waals surface area contributed by atoms with Crippen LogP contribution < -0.4 is 0 Å². The Balaban J connectivity index is 2.60. The lowest BCUT2D eigenvalue weighted by Crippen LogP contribution is -2.15. The van der Waals surface area contributed by atoms with Crippen LogP contribution in [0.15, 0.2) is 0 Å². The van der Waals surface area contributed by atoms with E-state index in [2.05, 4.69) is 18.8 Å². The Kier molecular flexibility index (Phi) is 12.9. The third kappa shape index (κ3) is 10.7. The highest BCUT2D eigenvalue weighted by Crippen LogP contribution is 2.28. The zero-order valence-corrected chi connectivity index (χ0v) is 18.6. The van der Waals surface area contributed by atoms with Gasteiger partial charge < -0.3 is 14.5 Å². The van der Waals surface area contributed by atoms with Gasteiger partial charge in [-0.3, -0.25) is 0 Å². The number of aromatic nitrogens is 2. The summed E-state index contributed by atoms with van der Waals surface area (Å²) in [5, 5.41) is 0. The second kappa shape index (κ2) is 14.9. The van der Waals surface area contributed by atoms with Gasteiger partial charge in [0.15, 0.2) is 11.4 Å². The highest BCUT2D eigenvalue weighted by molar-refractivity contribution is 6.00. The van der Waals surface area contributed by atoms with E-state index in [1.807, 2.05) is 4.98 Å². The van der Waals surface area contributed by atoms with Crippen molar-refractivity contribution in [2.24, 2.45) is 0 Å². The van der Waals surface area contributed by atoms with Gasteiger partial charge in [-0.15, -0.1) is 0 Å². The molecule has 0 fully saturated rings. The molecule has 0 bridgehead atoms. The van der Waals surface area contributed by atoms with Gasteiger partial charge in [0.1, 0.15) is 0 Å². The van der Waals surface area contributed by atoms with Crippen LogP contribution in [0.1, 0.15) is 118 Å². The van der Waals surface area contributed by atoms with Crippen LogP contribution in [-0.2, 0) is 15.7 Å². The number of H-pyrrole nitrogens is 1. The molecule has 1 aromatic rings. The van der Waals surface area contributed by atoms with Crippen molar-refractivity contribution in [3.05, 3.63) is 17.2 Å². The summed E-state index contributed by atoms with van der Waals surface area (Å²) in [7, 11) is 0. The lowest BCUT2D eigenvalue weighted by atomic mass is 10.1. The highest BCUT2D eigenvalue weighted by atomic mass is 19.4. The van der Waals surface area contributed by atoms with Crippen LogP contribution in [0.25, 0.3) is 0 Å². The van der Waals surface area contributed by atoms with Crippen LogP contribution >= 0.6 is 0 Å². The second-order valence-electron chi connectivity index (χ2n) is 7.61. The predicted octanol–water partition coefficient (Wildman–Crippen LogP) is 6.46. The number of unbranched alkanes of at least 4 members (excludes halogenated alkanes) is 10. The topological polar surface area (TPSA) is 81.3 Å². The summed E-state index contributed by atoms with van der Waals surface area (Å²) in [6, 6.07) is 0. The molecule has 31 heavy (non-hydrogen) atoms. The van der Waals surface area contributed by atoms with Crippen LogP contribution in [0, 0.1) is 0 Å². The van der Waals surface area contributed by atoms with Crippen molar-refractivity contribution in [2.45, 2.75) is 97.1 Å². The quantitative estimate of drug-likeness (QED) is 0.232. The number of carbonyl (C=O) groups is 2. The molecule has 0 atom stereocenters. The summed E-state index contributed by atoms with van der Waals surface area (Å²) >= 11 is 0. The summed E-state index contributed by atoms with van der Waals surface area (Å²) in [4.78, 5) is 29.6. The molecule has 0 spiro atoms. The Morgan fingerprint density at radius 1 is 0.774 bits per heavy atom. The number of hydrogen-bond donors (Lipinski definition) is 1. The number of nitrogens with zero attached hydrogens (tertiary/aromatic N) is 1. The van der Waals surface area contributed by atoms with Gasteiger partial charge in [-0.25, -0.2) is 14.6 Å². The van der Waals surface area contributed by atoms with Crippen molar-refractivity contribution in [3.8, 4) is 0 Å². The number of hydrogen-bond acceptors (Lipinski definition) is 5. The fourth-order valence-corrected chi connectivity index (χ4v) is 3.04. The van der Waals surface area contributed by atoms with Gasteiger partial charge in [0.25, 0.3) is 0 Å². The molecule has 0 saturated carbocycles. The predicted molar refractivity (Wildman–Crippen MR) is 111 cm³/mol. The van der Waals surface area contributed by atoms with E-state index in [9.17, 15) is 22.8 Å². The Bertz CT molecular complexity index is 612. The van der Waals surface area contributed by atoms with Gasteiger partial charge in [-0.1, -0.05) is 78.1 Å². The van der Waals surface area contributed by atoms with E-state index in [1.54, 1.807) is 0 Å². The van der Waals surface area contributed by atoms with E-state index in [1.165, 1.54) is 0 Å². The molecule has 1 rings (SSSR count). The van der Waals surface area contributed by atoms with Crippen LogP contribution in [0.4, 0.5) is 13.2 Å². The van der Waals surface area contributed by atoms with Gasteiger partial charge in [0.2, 0.25) is 5.82 Å². The number of alkyl halides is 3. The molecular formula is C22H35F3N2O4. The van der Waals surface area contributed by atoms with Crippen LogP contribution in [-0.4, -0.2) is 35.1 Å². The lowest BCUT2D eigenvalue weighted by Gasteiger charge is -2.06. The molecule has 6 nitrogen and oxygen atoms in total. The maximum Gasteiger partial charge on any atom is 0.449 e. The normalized spacial score (nSPS) is 11.5. The summed E-state index contributed by atoms with van der Waals surface area (Å²) in [6.45, 7) is 4.34. The van der Waals surface area contributed by atoms with E-state index in [0.29, 0.717) is 12.8 Å². The third-order valence-electron chi connectivity index (χ3n) is 4.83. The Hall–Kier alpha value is -2.06. The maximum atomic E-state index is 13.0. The summed E-state index contributed by atoms with van der Waals surface area (Å²) in [5.41, 5.74) is -1.31. The van der Waals surface area contributed by atoms with Gasteiger partial charge in [0, 0.05) is 0 Å². The summed E-state index contributed by atoms with van der Waals surface area (Å²) < 4.78 is 49.1. The number of halogens is 3. The average Bonchev–Trinajstić information content (AvgIpc) is 3.18. The molecule has 1 aromatic heterocycles. The molecule has 178 valence electrons. The summed E-state index contributed by atoms with van der Waals surface area (Å²) in [5.74, 6) is -3.53. The van der Waals surface area contributed by atoms with Gasteiger partial charge in [0.05, 0.1) is 13.2 Å². The first-order chi connectivity index (χ1) is 14.8. The monoisotopic (exact) mass is 448 g/mol. The average molecular weight is 449 g/mol. The first kappa shape index (κ1) is 27.0. The number of aromatic amines is 1. The van der Waals surface area contributed by atoms with Crippen molar-refractivity contribution >= 4 is 11.9 Å². The molecule has 0 saturated heterocycles. The van der Waals surface area contributed by atoms with E-state index in [4.69, 9.17) is 9.47 Å². The Labute approximate surface area is 182 Å². The van der Waals surface area contributed by atoms with Crippen molar-refractivity contribution < 1.29 is 32.2 Å². The maximum absolute atomic E-state index is 13.0. The molecule has 1 N–H and O–H groups in total. The number of carbonyl (C=O) groups excluding carboxylic acids is 2. The molecule has 0 radical (unpaired) electrons. The Morgan fingerprint density at radius 3 is 1.71 bits per heavy atom. The molecule has 0 aliphatic heterocycles. The largest absolute Gasteiger partial charge is 0.461 e. The molecule has 0 aliphatic rings. The number of esters is 2. The Morgan fingerprint density at radius 2 is 1.23 bits per heavy atom. The van der Waals surface area contributed by atoms with Crippen LogP contribution in [0.2, 0.25) is 0 Å². The van der Waals surface area contributed by atoms with E-state index in [0.717, 1.165) is 64.2 Å². The van der Waals surface area contributed by atoms with E-state index in [-0.39, 0.29) is 13.2 Å². The second-order valence-corrected chi connectivity index (χ2v) is 7.61. The van der Waals surface area contributed by atoms with Crippen molar-refractivity contribution in [1.29, 1.82) is 0 Å². The first-order valence-electron chi connectivity index (χ1n) is 11.3. The zero-order chi connectivity index (χ0) is 23.1. The minimum atomic E-state index is -4.83. The van der Waals surface area contributed by atoms with Crippen molar-refractivity contribution in [2.75, 3.05) is 13.2 Å². The van der Waals surface area contributed by atoms with E-state index >= 15 is 0 Å².